The van der Waals surface area contributed by atoms with Crippen LogP contribution in [0.2, 0.25) is 0 Å². The molecule has 2 aromatic rings. The number of phenolic OH excluding ortho intramolecular Hbond substituents is 1. The number of aromatic nitrogens is 2. The molecule has 0 radical (unpaired) electrons. The van der Waals surface area contributed by atoms with Gasteiger partial charge in [-0.05, 0) is 18.2 Å². The van der Waals surface area contributed by atoms with E-state index in [2.05, 4.69) is 10.1 Å². The normalized spacial score (nSPS) is 10.4. The van der Waals surface area contributed by atoms with Gasteiger partial charge in [-0.15, -0.1) is 0 Å². The molecule has 1 heterocycles. The molecule has 0 fully saturated rings. The van der Waals surface area contributed by atoms with E-state index >= 15 is 0 Å². The number of rotatable bonds is 3. The molecule has 0 aliphatic heterocycles. The molecule has 0 bridgehead atoms. The Labute approximate surface area is 91.7 Å². The Morgan fingerprint density at radius 1 is 1.50 bits per heavy atom. The van der Waals surface area contributed by atoms with Crippen molar-refractivity contribution in [2.24, 2.45) is 5.73 Å². The summed E-state index contributed by atoms with van der Waals surface area (Å²) in [6.07, 6.45) is 0. The highest BCUT2D eigenvalue weighted by atomic mass is 16.5. The van der Waals surface area contributed by atoms with Crippen molar-refractivity contribution in [1.82, 2.24) is 10.1 Å². The van der Waals surface area contributed by atoms with E-state index in [0.29, 0.717) is 23.0 Å². The molecule has 84 valence electrons. The molecule has 0 saturated heterocycles. The van der Waals surface area contributed by atoms with Crippen LogP contribution in [0.4, 0.5) is 0 Å². The molecule has 0 amide bonds. The second kappa shape index (κ2) is 4.19. The first-order valence-corrected chi connectivity index (χ1v) is 4.64. The molecular formula is C10H11N3O3. The number of phenols is 1. The Kier molecular flexibility index (Phi) is 2.74. The van der Waals surface area contributed by atoms with E-state index in [9.17, 15) is 5.11 Å². The van der Waals surface area contributed by atoms with E-state index in [1.165, 1.54) is 13.2 Å². The molecule has 1 aromatic carbocycles. The van der Waals surface area contributed by atoms with Crippen molar-refractivity contribution >= 4 is 0 Å². The van der Waals surface area contributed by atoms with Crippen LogP contribution in [0.5, 0.6) is 11.5 Å². The molecule has 16 heavy (non-hydrogen) atoms. The monoisotopic (exact) mass is 221 g/mol. The summed E-state index contributed by atoms with van der Waals surface area (Å²) in [6.45, 7) is 0.197. The Bertz CT molecular complexity index is 496. The minimum atomic E-state index is 0.0637. The summed E-state index contributed by atoms with van der Waals surface area (Å²) in [6, 6.07) is 4.80. The molecule has 0 spiro atoms. The van der Waals surface area contributed by atoms with Crippen LogP contribution < -0.4 is 10.5 Å². The SMILES string of the molecule is COc1cc(-c2noc(CN)n2)ccc1O. The van der Waals surface area contributed by atoms with Crippen LogP contribution in [0.25, 0.3) is 11.4 Å². The molecule has 6 nitrogen and oxygen atoms in total. The number of aromatic hydroxyl groups is 1. The van der Waals surface area contributed by atoms with Gasteiger partial charge < -0.3 is 20.1 Å². The Balaban J connectivity index is 2.40. The third kappa shape index (κ3) is 1.82. The Morgan fingerprint density at radius 2 is 2.31 bits per heavy atom. The van der Waals surface area contributed by atoms with E-state index < -0.39 is 0 Å². The van der Waals surface area contributed by atoms with Gasteiger partial charge in [0.15, 0.2) is 11.5 Å². The van der Waals surface area contributed by atoms with Crippen molar-refractivity contribution in [3.05, 3.63) is 24.1 Å². The van der Waals surface area contributed by atoms with Crippen molar-refractivity contribution in [1.29, 1.82) is 0 Å². The predicted octanol–water partition coefficient (Wildman–Crippen LogP) is 0.909. The lowest BCUT2D eigenvalue weighted by Crippen LogP contribution is -1.95. The van der Waals surface area contributed by atoms with Crippen LogP contribution in [-0.4, -0.2) is 22.4 Å². The fraction of sp³-hybridized carbons (Fsp3) is 0.200. The molecule has 0 saturated carbocycles. The van der Waals surface area contributed by atoms with E-state index in [1.54, 1.807) is 12.1 Å². The van der Waals surface area contributed by atoms with E-state index in [0.717, 1.165) is 0 Å². The molecule has 0 aliphatic carbocycles. The summed E-state index contributed by atoms with van der Waals surface area (Å²) in [5.74, 6) is 1.20. The summed E-state index contributed by atoms with van der Waals surface area (Å²) in [4.78, 5) is 4.06. The van der Waals surface area contributed by atoms with Gasteiger partial charge in [0.1, 0.15) is 0 Å². The van der Waals surface area contributed by atoms with E-state index in [1.807, 2.05) is 0 Å². The number of hydrogen-bond donors (Lipinski definition) is 2. The summed E-state index contributed by atoms with van der Waals surface area (Å²) in [5, 5.41) is 13.2. The zero-order chi connectivity index (χ0) is 11.5. The smallest absolute Gasteiger partial charge is 0.240 e. The van der Waals surface area contributed by atoms with Crippen LogP contribution in [0.3, 0.4) is 0 Å². The minimum absolute atomic E-state index is 0.0637. The van der Waals surface area contributed by atoms with Crippen molar-refractivity contribution in [3.63, 3.8) is 0 Å². The van der Waals surface area contributed by atoms with Gasteiger partial charge in [0, 0.05) is 5.56 Å². The fourth-order valence-corrected chi connectivity index (χ4v) is 1.27. The van der Waals surface area contributed by atoms with Crippen LogP contribution in [-0.2, 0) is 6.54 Å². The number of ether oxygens (including phenoxy) is 1. The highest BCUT2D eigenvalue weighted by Crippen LogP contribution is 2.30. The fourth-order valence-electron chi connectivity index (χ4n) is 1.27. The van der Waals surface area contributed by atoms with Gasteiger partial charge in [-0.1, -0.05) is 5.16 Å². The molecule has 1 aromatic heterocycles. The molecule has 0 atom stereocenters. The summed E-state index contributed by atoms with van der Waals surface area (Å²) < 4.78 is 9.86. The maximum Gasteiger partial charge on any atom is 0.240 e. The minimum Gasteiger partial charge on any atom is -0.504 e. The van der Waals surface area contributed by atoms with Crippen LogP contribution in [0.1, 0.15) is 5.89 Å². The highest BCUT2D eigenvalue weighted by molar-refractivity contribution is 5.60. The molecule has 6 heteroatoms. The van der Waals surface area contributed by atoms with Crippen LogP contribution >= 0.6 is 0 Å². The van der Waals surface area contributed by atoms with Gasteiger partial charge in [0.05, 0.1) is 13.7 Å². The van der Waals surface area contributed by atoms with Crippen LogP contribution in [0.15, 0.2) is 22.7 Å². The number of benzene rings is 1. The number of methoxy groups -OCH3 is 1. The van der Waals surface area contributed by atoms with Crippen LogP contribution in [0, 0.1) is 0 Å². The first kappa shape index (κ1) is 10.4. The number of nitrogens with zero attached hydrogens (tertiary/aromatic N) is 2. The van der Waals surface area contributed by atoms with Gasteiger partial charge in [-0.2, -0.15) is 4.98 Å². The molecule has 3 N–H and O–H groups in total. The molecule has 0 unspecified atom stereocenters. The average molecular weight is 221 g/mol. The highest BCUT2D eigenvalue weighted by Gasteiger charge is 2.10. The average Bonchev–Trinajstić information content (AvgIpc) is 2.78. The second-order valence-electron chi connectivity index (χ2n) is 3.10. The van der Waals surface area contributed by atoms with Gasteiger partial charge >= 0.3 is 0 Å². The summed E-state index contributed by atoms with van der Waals surface area (Å²) in [7, 11) is 1.47. The largest absolute Gasteiger partial charge is 0.504 e. The predicted molar refractivity (Wildman–Crippen MR) is 55.8 cm³/mol. The maximum atomic E-state index is 9.42. The van der Waals surface area contributed by atoms with Gasteiger partial charge in [0.2, 0.25) is 11.7 Å². The zero-order valence-electron chi connectivity index (χ0n) is 8.67. The lowest BCUT2D eigenvalue weighted by molar-refractivity contribution is 0.373. The number of nitrogens with two attached hydrogens (primary N) is 1. The molecule has 2 rings (SSSR count). The Hall–Kier alpha value is -2.08. The van der Waals surface area contributed by atoms with Gasteiger partial charge in [0.25, 0.3) is 0 Å². The summed E-state index contributed by atoms with van der Waals surface area (Å²) >= 11 is 0. The lowest BCUT2D eigenvalue weighted by atomic mass is 10.2. The molecule has 0 aliphatic rings. The molecular weight excluding hydrogens is 210 g/mol. The van der Waals surface area contributed by atoms with Crippen molar-refractivity contribution < 1.29 is 14.4 Å². The van der Waals surface area contributed by atoms with Gasteiger partial charge in [-0.3, -0.25) is 0 Å². The van der Waals surface area contributed by atoms with Crippen molar-refractivity contribution in [2.45, 2.75) is 6.54 Å². The first-order chi connectivity index (χ1) is 7.74. The Morgan fingerprint density at radius 3 is 2.94 bits per heavy atom. The lowest BCUT2D eigenvalue weighted by Gasteiger charge is -2.03. The maximum absolute atomic E-state index is 9.42. The van der Waals surface area contributed by atoms with Crippen molar-refractivity contribution in [2.75, 3.05) is 7.11 Å². The quantitative estimate of drug-likeness (QED) is 0.799. The topological polar surface area (TPSA) is 94.4 Å². The van der Waals surface area contributed by atoms with Gasteiger partial charge in [-0.25, -0.2) is 0 Å². The van der Waals surface area contributed by atoms with E-state index in [-0.39, 0.29) is 12.3 Å². The summed E-state index contributed by atoms with van der Waals surface area (Å²) in [5.41, 5.74) is 6.05. The third-order valence-corrected chi connectivity index (χ3v) is 2.08. The zero-order valence-corrected chi connectivity index (χ0v) is 8.67. The second-order valence-corrected chi connectivity index (χ2v) is 3.10. The third-order valence-electron chi connectivity index (χ3n) is 2.08. The standard InChI is InChI=1S/C10H11N3O3/c1-15-8-4-6(2-3-7(8)14)10-12-9(5-11)16-13-10/h2-4,14H,5,11H2,1H3. The number of hydrogen-bond acceptors (Lipinski definition) is 6. The van der Waals surface area contributed by atoms with Crippen molar-refractivity contribution in [3.8, 4) is 22.9 Å². The first-order valence-electron chi connectivity index (χ1n) is 4.64. The van der Waals surface area contributed by atoms with E-state index in [4.69, 9.17) is 15.0 Å².